The van der Waals surface area contributed by atoms with Gasteiger partial charge in [0.05, 0.1) is 0 Å². The third-order valence-electron chi connectivity index (χ3n) is 1.65. The van der Waals surface area contributed by atoms with E-state index in [-0.39, 0.29) is 10.6 Å². The monoisotopic (exact) mass is 201 g/mol. The lowest BCUT2D eigenvalue weighted by atomic mass is 9.93. The third-order valence-corrected chi connectivity index (χ3v) is 2.00. The Labute approximate surface area is 81.7 Å². The largest absolute Gasteiger partial charge is 0.424 e. The Morgan fingerprint density at radius 1 is 1.38 bits per heavy atom. The minimum Gasteiger partial charge on any atom is -0.424 e. The molecule has 0 saturated carbocycles. The summed E-state index contributed by atoms with van der Waals surface area (Å²) in [5.41, 5.74) is -0.379. The van der Waals surface area contributed by atoms with Crippen LogP contribution in [0.3, 0.4) is 0 Å². The standard InChI is InChI=1S/C9H12ClNO2/c1-5-7(10)11-6(8(12)13-5)9(2,3)4/h1-4H3. The second-order valence-electron chi connectivity index (χ2n) is 3.95. The Balaban J connectivity index is 3.41. The fourth-order valence-corrected chi connectivity index (χ4v) is 1.05. The second kappa shape index (κ2) is 3.14. The molecule has 0 aromatic carbocycles. The molecule has 1 heterocycles. The number of aryl methyl sites for hydroxylation is 1. The van der Waals surface area contributed by atoms with E-state index in [0.29, 0.717) is 11.5 Å². The van der Waals surface area contributed by atoms with Gasteiger partial charge in [0.2, 0.25) is 0 Å². The summed E-state index contributed by atoms with van der Waals surface area (Å²) < 4.78 is 4.92. The van der Waals surface area contributed by atoms with Crippen molar-refractivity contribution in [2.45, 2.75) is 33.1 Å². The van der Waals surface area contributed by atoms with Gasteiger partial charge in [-0.15, -0.1) is 0 Å². The van der Waals surface area contributed by atoms with Crippen molar-refractivity contribution in [1.29, 1.82) is 0 Å². The van der Waals surface area contributed by atoms with Crippen molar-refractivity contribution in [3.8, 4) is 0 Å². The second-order valence-corrected chi connectivity index (χ2v) is 4.30. The molecule has 4 heteroatoms. The normalized spacial score (nSPS) is 11.8. The van der Waals surface area contributed by atoms with Crippen molar-refractivity contribution in [1.82, 2.24) is 4.98 Å². The molecule has 0 unspecified atom stereocenters. The van der Waals surface area contributed by atoms with Gasteiger partial charge in [0, 0.05) is 5.41 Å². The zero-order valence-electron chi connectivity index (χ0n) is 8.14. The summed E-state index contributed by atoms with van der Waals surface area (Å²) in [4.78, 5) is 15.4. The minimum absolute atomic E-state index is 0.254. The van der Waals surface area contributed by atoms with E-state index < -0.39 is 5.63 Å². The van der Waals surface area contributed by atoms with Gasteiger partial charge in [0.15, 0.2) is 5.15 Å². The zero-order valence-corrected chi connectivity index (χ0v) is 8.90. The van der Waals surface area contributed by atoms with E-state index in [1.165, 1.54) is 0 Å². The maximum Gasteiger partial charge on any atom is 0.358 e. The predicted octanol–water partition coefficient (Wildman–Crippen LogP) is 2.29. The Morgan fingerprint density at radius 3 is 2.38 bits per heavy atom. The number of aromatic nitrogens is 1. The van der Waals surface area contributed by atoms with Crippen molar-refractivity contribution in [2.75, 3.05) is 0 Å². The number of hydrogen-bond acceptors (Lipinski definition) is 3. The number of halogens is 1. The smallest absolute Gasteiger partial charge is 0.358 e. The van der Waals surface area contributed by atoms with E-state index in [2.05, 4.69) is 4.98 Å². The van der Waals surface area contributed by atoms with Gasteiger partial charge < -0.3 is 4.42 Å². The Bertz CT molecular complexity index is 376. The molecule has 1 aromatic heterocycles. The van der Waals surface area contributed by atoms with Crippen LogP contribution in [0.5, 0.6) is 0 Å². The van der Waals surface area contributed by atoms with Crippen LogP contribution in [0.15, 0.2) is 9.21 Å². The Morgan fingerprint density at radius 2 is 1.92 bits per heavy atom. The quantitative estimate of drug-likeness (QED) is 0.647. The molecule has 0 spiro atoms. The molecular weight excluding hydrogens is 190 g/mol. The SMILES string of the molecule is Cc1oc(=O)c(C(C)(C)C)nc1Cl. The average Bonchev–Trinajstić information content (AvgIpc) is 1.94. The van der Waals surface area contributed by atoms with Crippen molar-refractivity contribution in [2.24, 2.45) is 0 Å². The fourth-order valence-electron chi connectivity index (χ4n) is 0.926. The van der Waals surface area contributed by atoms with Crippen LogP contribution in [0.1, 0.15) is 32.2 Å². The maximum absolute atomic E-state index is 11.4. The van der Waals surface area contributed by atoms with Gasteiger partial charge in [-0.3, -0.25) is 0 Å². The molecule has 1 rings (SSSR count). The van der Waals surface area contributed by atoms with Crippen LogP contribution in [0.25, 0.3) is 0 Å². The summed E-state index contributed by atoms with van der Waals surface area (Å²) in [6, 6.07) is 0. The van der Waals surface area contributed by atoms with E-state index in [1.807, 2.05) is 20.8 Å². The fraction of sp³-hybridized carbons (Fsp3) is 0.556. The van der Waals surface area contributed by atoms with Gasteiger partial charge >= 0.3 is 5.63 Å². The van der Waals surface area contributed by atoms with Crippen LogP contribution >= 0.6 is 11.6 Å². The molecule has 13 heavy (non-hydrogen) atoms. The molecule has 0 radical (unpaired) electrons. The molecule has 0 aliphatic carbocycles. The summed E-state index contributed by atoms with van der Waals surface area (Å²) in [6.07, 6.45) is 0. The topological polar surface area (TPSA) is 43.1 Å². The number of rotatable bonds is 0. The first kappa shape index (κ1) is 10.3. The first-order valence-corrected chi connectivity index (χ1v) is 4.38. The van der Waals surface area contributed by atoms with Gasteiger partial charge in [0.25, 0.3) is 0 Å². The summed E-state index contributed by atoms with van der Waals surface area (Å²) >= 11 is 5.75. The lowest BCUT2D eigenvalue weighted by Gasteiger charge is -2.15. The van der Waals surface area contributed by atoms with Gasteiger partial charge in [-0.05, 0) is 6.92 Å². The minimum atomic E-state index is -0.408. The van der Waals surface area contributed by atoms with E-state index in [1.54, 1.807) is 6.92 Å². The lowest BCUT2D eigenvalue weighted by Crippen LogP contribution is -2.24. The molecule has 0 N–H and O–H groups in total. The van der Waals surface area contributed by atoms with E-state index in [4.69, 9.17) is 16.0 Å². The van der Waals surface area contributed by atoms with Gasteiger partial charge in [-0.25, -0.2) is 9.78 Å². The van der Waals surface area contributed by atoms with Crippen molar-refractivity contribution in [3.05, 3.63) is 27.0 Å². The molecule has 0 aliphatic rings. The number of hydrogen-bond donors (Lipinski definition) is 0. The van der Waals surface area contributed by atoms with Crippen LogP contribution < -0.4 is 5.63 Å². The molecular formula is C9H12ClNO2. The van der Waals surface area contributed by atoms with Gasteiger partial charge in [0.1, 0.15) is 11.5 Å². The van der Waals surface area contributed by atoms with Crippen molar-refractivity contribution >= 4 is 11.6 Å². The molecule has 72 valence electrons. The molecule has 0 saturated heterocycles. The molecule has 1 aromatic rings. The van der Waals surface area contributed by atoms with E-state index in [9.17, 15) is 4.79 Å². The lowest BCUT2D eigenvalue weighted by molar-refractivity contribution is 0.431. The summed E-state index contributed by atoms with van der Waals surface area (Å²) in [7, 11) is 0. The summed E-state index contributed by atoms with van der Waals surface area (Å²) in [6.45, 7) is 7.27. The molecule has 0 fully saturated rings. The summed E-state index contributed by atoms with van der Waals surface area (Å²) in [5.74, 6) is 0.361. The molecule has 0 aliphatic heterocycles. The predicted molar refractivity (Wildman–Crippen MR) is 51.2 cm³/mol. The highest BCUT2D eigenvalue weighted by Gasteiger charge is 2.22. The van der Waals surface area contributed by atoms with Crippen molar-refractivity contribution < 1.29 is 4.42 Å². The molecule has 0 atom stereocenters. The first-order valence-electron chi connectivity index (χ1n) is 4.00. The third kappa shape index (κ3) is 2.10. The average molecular weight is 202 g/mol. The first-order chi connectivity index (χ1) is 5.82. The van der Waals surface area contributed by atoms with Crippen molar-refractivity contribution in [3.63, 3.8) is 0 Å². The van der Waals surface area contributed by atoms with Crippen LogP contribution in [0, 0.1) is 6.92 Å². The van der Waals surface area contributed by atoms with Gasteiger partial charge in [-0.2, -0.15) is 0 Å². The Hall–Kier alpha value is -0.830. The van der Waals surface area contributed by atoms with Crippen LogP contribution in [-0.2, 0) is 5.41 Å². The molecule has 0 amide bonds. The van der Waals surface area contributed by atoms with Crippen LogP contribution in [0.4, 0.5) is 0 Å². The summed E-state index contributed by atoms with van der Waals surface area (Å²) in [5, 5.41) is 0.254. The van der Waals surface area contributed by atoms with Crippen LogP contribution in [0.2, 0.25) is 5.15 Å². The maximum atomic E-state index is 11.4. The highest BCUT2D eigenvalue weighted by molar-refractivity contribution is 6.29. The molecule has 0 bridgehead atoms. The number of nitrogens with zero attached hydrogens (tertiary/aromatic N) is 1. The van der Waals surface area contributed by atoms with Gasteiger partial charge in [-0.1, -0.05) is 32.4 Å². The highest BCUT2D eigenvalue weighted by Crippen LogP contribution is 2.19. The molecule has 3 nitrogen and oxygen atoms in total. The van der Waals surface area contributed by atoms with E-state index >= 15 is 0 Å². The zero-order chi connectivity index (χ0) is 10.2. The van der Waals surface area contributed by atoms with Crippen LogP contribution in [-0.4, -0.2) is 4.98 Å². The highest BCUT2D eigenvalue weighted by atomic mass is 35.5. The Kier molecular flexibility index (Phi) is 2.48. The van der Waals surface area contributed by atoms with E-state index in [0.717, 1.165) is 0 Å².